The van der Waals surface area contributed by atoms with E-state index in [1.165, 1.54) is 6.08 Å². The van der Waals surface area contributed by atoms with Crippen molar-refractivity contribution in [2.75, 3.05) is 41.3 Å². The summed E-state index contributed by atoms with van der Waals surface area (Å²) in [7, 11) is 3.23. The van der Waals surface area contributed by atoms with E-state index in [4.69, 9.17) is 55.7 Å². The van der Waals surface area contributed by atoms with Crippen molar-refractivity contribution in [2.24, 2.45) is 4.99 Å². The molecule has 59 heavy (non-hydrogen) atoms. The van der Waals surface area contributed by atoms with E-state index in [1.807, 2.05) is 50.0 Å². The Labute approximate surface area is 440 Å². The number of aliphatic imine (C=N–C) groups is 1. The van der Waals surface area contributed by atoms with Crippen LogP contribution in [0.3, 0.4) is 0 Å². The quantitative estimate of drug-likeness (QED) is 0.0454. The van der Waals surface area contributed by atoms with Crippen molar-refractivity contribution in [3.05, 3.63) is 135 Å². The molecule has 0 saturated heterocycles. The summed E-state index contributed by atoms with van der Waals surface area (Å²) >= 11 is 31.2. The Hall–Kier alpha value is -0.216. The molecule has 0 atom stereocenters. The Morgan fingerprint density at radius 2 is 0.983 bits per heavy atom. The number of methoxy groups -OCH3 is 2. The number of carbonyl (C=O) groups excluding carboxylic acids is 2. The molecule has 6 N–H and O–H groups in total. The minimum absolute atomic E-state index is 0. The summed E-state index contributed by atoms with van der Waals surface area (Å²) in [5, 5.41) is 7.60. The Kier molecular flexibility index (Phi) is 44.9. The number of nitrogen functional groups attached to an aromatic ring is 2. The fourth-order valence-corrected chi connectivity index (χ4v) is 4.07. The number of benzene rings is 5. The van der Waals surface area contributed by atoms with Crippen LogP contribution < -0.4 is 31.6 Å². The third-order valence-electron chi connectivity index (χ3n) is 6.38. The average Bonchev–Trinajstić information content (AvgIpc) is 3.19. The molecule has 0 saturated carbocycles. The number of anilines is 4. The van der Waals surface area contributed by atoms with Gasteiger partial charge < -0.3 is 31.6 Å². The van der Waals surface area contributed by atoms with Gasteiger partial charge in [0, 0.05) is 75.0 Å². The molecule has 0 aliphatic heterocycles. The second-order valence-corrected chi connectivity index (χ2v) is 47.0. The van der Waals surface area contributed by atoms with Crippen LogP contribution in [0.15, 0.2) is 108 Å². The number of nitrogens with one attached hydrogen (secondary N) is 2. The van der Waals surface area contributed by atoms with E-state index in [0.717, 1.165) is 44.6 Å². The summed E-state index contributed by atoms with van der Waals surface area (Å²) in [5.41, 5.74) is 17.2. The van der Waals surface area contributed by atoms with Crippen LogP contribution in [0.4, 0.5) is 33.2 Å². The van der Waals surface area contributed by atoms with Crippen LogP contribution in [-0.4, -0.2) is 31.3 Å². The number of urea groups is 1. The molecule has 0 spiro atoms. The number of nitrogens with zero attached hydrogens (tertiary/aromatic N) is 1. The normalized spacial score (nSPS) is 8.68. The van der Waals surface area contributed by atoms with E-state index in [9.17, 15) is 9.59 Å². The van der Waals surface area contributed by atoms with Gasteiger partial charge in [-0.05, 0) is 146 Å². The molecule has 2 amide bonds. The summed E-state index contributed by atoms with van der Waals surface area (Å²) in [6.45, 7) is 5.67. The number of ether oxygens (including phenoxy) is 2. The first-order chi connectivity index (χ1) is 27.1. The molecule has 0 fully saturated rings. The second-order valence-electron chi connectivity index (χ2n) is 10.4. The predicted octanol–water partition coefficient (Wildman–Crippen LogP) is 17.2. The number of alkyl halides is 1. The van der Waals surface area contributed by atoms with Gasteiger partial charge in [0.2, 0.25) is 6.08 Å². The van der Waals surface area contributed by atoms with Crippen molar-refractivity contribution in [3.63, 3.8) is 0 Å². The van der Waals surface area contributed by atoms with E-state index in [0.29, 0.717) is 27.1 Å². The summed E-state index contributed by atoms with van der Waals surface area (Å²) in [6, 6.07) is 29.9. The molecular weight excluding hydrogens is 1530 g/mol. The van der Waals surface area contributed by atoms with Gasteiger partial charge in [-0.25, -0.2) is 9.59 Å². The van der Waals surface area contributed by atoms with E-state index in [-0.39, 0.29) is 25.8 Å². The van der Waals surface area contributed by atoms with Crippen molar-refractivity contribution >= 4 is 195 Å². The van der Waals surface area contributed by atoms with Crippen molar-refractivity contribution in [1.29, 1.82) is 0 Å². The zero-order valence-electron chi connectivity index (χ0n) is 31.4. The molecule has 0 heterocycles. The summed E-state index contributed by atoms with van der Waals surface area (Å²) in [6.07, 6.45) is 1.46. The Morgan fingerprint density at radius 1 is 0.627 bits per heavy atom. The Morgan fingerprint density at radius 3 is 1.37 bits per heavy atom. The molecule has 5 aromatic rings. The second kappa shape index (κ2) is 40.6. The van der Waals surface area contributed by atoms with Crippen LogP contribution in [-0.2, 0) is 9.72 Å². The predicted molar refractivity (Wildman–Crippen MR) is 307 cm³/mol. The van der Waals surface area contributed by atoms with Crippen LogP contribution >= 0.6 is 155 Å². The molecule has 0 radical (unpaired) electrons. The zero-order valence-corrected chi connectivity index (χ0v) is 48.0. The van der Waals surface area contributed by atoms with Gasteiger partial charge >= 0.3 is 70.9 Å². The van der Waals surface area contributed by atoms with E-state index in [2.05, 4.69) is 135 Å². The van der Waals surface area contributed by atoms with Crippen molar-refractivity contribution in [3.8, 4) is 11.5 Å². The van der Waals surface area contributed by atoms with Crippen molar-refractivity contribution in [1.82, 2.24) is 0 Å². The van der Waals surface area contributed by atoms with Gasteiger partial charge in [0.15, 0.2) is 0 Å². The maximum absolute atomic E-state index is 11.8. The van der Waals surface area contributed by atoms with E-state index < -0.39 is 0 Å². The molecule has 326 valence electrons. The SMILES string of the molecule is C.C.CI.COc1ccc(N)cc1.COc1ccc(NC(=O)Nc2ccc(Cl)c(C)c2)cc1.Cc1cc(N)ccc1Cl.Cc1cc(N=C=O)ccc1Cl.II.[I][V]([I])[I]. The fraction of sp³-hybridized carbons (Fsp3) is 0.200. The zero-order chi connectivity index (χ0) is 43.9. The monoisotopic (exact) mass is 1580 g/mol. The minimum atomic E-state index is -0.308. The fourth-order valence-electron chi connectivity index (χ4n) is 3.71. The number of isocyanates is 1. The molecule has 0 aromatic heterocycles. The van der Waals surface area contributed by atoms with Gasteiger partial charge in [-0.2, -0.15) is 4.99 Å². The first-order valence-electron chi connectivity index (χ1n) is 15.6. The maximum atomic E-state index is 11.8. The van der Waals surface area contributed by atoms with Crippen LogP contribution in [0, 0.1) is 20.8 Å². The van der Waals surface area contributed by atoms with Gasteiger partial charge in [-0.1, -0.05) is 72.2 Å². The Bertz CT molecular complexity index is 1930. The van der Waals surface area contributed by atoms with Crippen LogP contribution in [0.1, 0.15) is 31.5 Å². The summed E-state index contributed by atoms with van der Waals surface area (Å²) in [4.78, 5) is 26.8. The van der Waals surface area contributed by atoms with Crippen molar-refractivity contribution < 1.29 is 24.0 Å². The molecule has 5 aromatic carbocycles. The molecular formula is C40H49Cl3I6N5O4V. The average molecular weight is 1580 g/mol. The number of rotatable bonds is 5. The van der Waals surface area contributed by atoms with Gasteiger partial charge in [0.05, 0.1) is 19.9 Å². The number of aryl methyl sites for hydroxylation is 3. The molecule has 19 heteroatoms. The first-order valence-corrected chi connectivity index (χ1v) is 38.7. The third kappa shape index (κ3) is 33.0. The molecule has 0 bridgehead atoms. The van der Waals surface area contributed by atoms with E-state index >= 15 is 0 Å². The number of hydrogen-bond donors (Lipinski definition) is 4. The standard InChI is InChI=1S/C15H15ClN2O2.C8H6ClNO.C7H8ClN.C7H9NO.CH3I.2CH4.I2.3HI.V/c1-10-9-12(5-8-14(10)16)18-15(19)17-11-3-6-13(20-2)7-4-11;1-6-4-7(10-5-11)2-3-8(6)9;1-5-4-6(9)2-3-7(5)8;1-9-7-4-2-6(8)3-5-7;1-2;;;1-2;;;;/h3-9H,1-2H3,(H2,17,18,19);2-4H,1H3;2-4H,9H2,1H3;2-5H,8H2,1H3;1H3;2*1H4;;3*1H;/q;;;;;;;;;;;+3/p-3. The molecule has 9 nitrogen and oxygen atoms in total. The third-order valence-corrected chi connectivity index (χ3v) is 7.65. The first kappa shape index (κ1) is 65.4. The summed E-state index contributed by atoms with van der Waals surface area (Å²) < 4.78 is 9.97. The number of amides is 2. The number of nitrogens with two attached hydrogens (primary N) is 2. The van der Waals surface area contributed by atoms with Gasteiger partial charge in [0.25, 0.3) is 0 Å². The molecule has 5 rings (SSSR count). The molecule has 0 aliphatic rings. The number of hydrogen-bond acceptors (Lipinski definition) is 7. The van der Waals surface area contributed by atoms with Gasteiger partial charge in [0.1, 0.15) is 11.5 Å². The van der Waals surface area contributed by atoms with Crippen LogP contribution in [0.2, 0.25) is 15.1 Å². The number of carbonyl (C=O) groups is 1. The van der Waals surface area contributed by atoms with E-state index in [1.54, 1.807) is 93.1 Å². The molecule has 0 unspecified atom stereocenters. The van der Waals surface area contributed by atoms with Gasteiger partial charge in [-0.3, -0.25) is 0 Å². The molecule has 0 aliphatic carbocycles. The van der Waals surface area contributed by atoms with Gasteiger partial charge in [-0.15, -0.1) is 0 Å². The number of halogens is 9. The van der Waals surface area contributed by atoms with Crippen molar-refractivity contribution in [2.45, 2.75) is 35.6 Å². The Balaban J connectivity index is -0.000000335. The summed E-state index contributed by atoms with van der Waals surface area (Å²) in [5.74, 6) is 1.58. The topological polar surface area (TPSA) is 141 Å². The van der Waals surface area contributed by atoms with Crippen LogP contribution in [0.5, 0.6) is 11.5 Å². The van der Waals surface area contributed by atoms with Crippen LogP contribution in [0.25, 0.3) is 0 Å².